The summed E-state index contributed by atoms with van der Waals surface area (Å²) in [5.74, 6) is -0.261. The lowest BCUT2D eigenvalue weighted by Crippen LogP contribution is -2.33. The minimum absolute atomic E-state index is 0.0833. The van der Waals surface area contributed by atoms with E-state index < -0.39 is 5.25 Å². The normalized spacial score (nSPS) is 17.8. The molecule has 1 unspecified atom stereocenters. The highest BCUT2D eigenvalue weighted by Crippen LogP contribution is 2.35. The molecule has 152 valence electrons. The van der Waals surface area contributed by atoms with E-state index in [4.69, 9.17) is 0 Å². The number of rotatable bonds is 5. The lowest BCUT2D eigenvalue weighted by molar-refractivity contribution is -0.128. The van der Waals surface area contributed by atoms with Crippen molar-refractivity contribution in [2.24, 2.45) is 4.99 Å². The summed E-state index contributed by atoms with van der Waals surface area (Å²) in [4.78, 5) is 31.6. The topological polar surface area (TPSA) is 61.8 Å². The Balaban J connectivity index is 1.74. The maximum absolute atomic E-state index is 12.8. The number of aryl methyl sites for hydroxylation is 2. The van der Waals surface area contributed by atoms with Gasteiger partial charge in [0.05, 0.1) is 5.69 Å². The van der Waals surface area contributed by atoms with Crippen molar-refractivity contribution in [2.75, 3.05) is 11.9 Å². The first-order valence-corrected chi connectivity index (χ1v) is 11.6. The number of halogens is 2. The van der Waals surface area contributed by atoms with Crippen molar-refractivity contribution in [1.82, 2.24) is 4.90 Å². The molecule has 0 radical (unpaired) electrons. The van der Waals surface area contributed by atoms with Crippen LogP contribution in [0.3, 0.4) is 0 Å². The van der Waals surface area contributed by atoms with Gasteiger partial charge in [-0.2, -0.15) is 0 Å². The van der Waals surface area contributed by atoms with Gasteiger partial charge in [-0.15, -0.1) is 0 Å². The van der Waals surface area contributed by atoms with Crippen LogP contribution in [0.4, 0.5) is 11.4 Å². The monoisotopic (exact) mass is 537 g/mol. The van der Waals surface area contributed by atoms with Gasteiger partial charge in [0.15, 0.2) is 5.17 Å². The smallest absolute Gasteiger partial charge is 0.242 e. The quantitative estimate of drug-likeness (QED) is 0.522. The Morgan fingerprint density at radius 2 is 1.86 bits per heavy atom. The third kappa shape index (κ3) is 5.49. The van der Waals surface area contributed by atoms with E-state index in [2.05, 4.69) is 42.2 Å². The maximum Gasteiger partial charge on any atom is 0.242 e. The second kappa shape index (κ2) is 9.45. The van der Waals surface area contributed by atoms with Gasteiger partial charge in [0.25, 0.3) is 0 Å². The second-order valence-corrected chi connectivity index (χ2v) is 9.75. The van der Waals surface area contributed by atoms with Crippen molar-refractivity contribution in [2.45, 2.75) is 32.4 Å². The lowest BCUT2D eigenvalue weighted by Gasteiger charge is -2.13. The number of benzene rings is 2. The predicted molar refractivity (Wildman–Crippen MR) is 127 cm³/mol. The summed E-state index contributed by atoms with van der Waals surface area (Å²) < 4.78 is 1.77. The van der Waals surface area contributed by atoms with E-state index in [1.165, 1.54) is 11.8 Å². The van der Waals surface area contributed by atoms with Gasteiger partial charge in [0, 0.05) is 27.6 Å². The molecule has 8 heteroatoms. The first-order valence-electron chi connectivity index (χ1n) is 9.16. The summed E-state index contributed by atoms with van der Waals surface area (Å²) >= 11 is 8.26. The molecule has 29 heavy (non-hydrogen) atoms. The first kappa shape index (κ1) is 22.1. The Labute approximate surface area is 191 Å². The predicted octanol–water partition coefficient (Wildman–Crippen LogP) is 5.81. The van der Waals surface area contributed by atoms with Crippen molar-refractivity contribution < 1.29 is 9.59 Å². The molecule has 1 saturated heterocycles. The Kier molecular flexibility index (Phi) is 7.19. The van der Waals surface area contributed by atoms with Gasteiger partial charge in [0.2, 0.25) is 11.8 Å². The fourth-order valence-electron chi connectivity index (χ4n) is 3.12. The molecule has 0 aromatic heterocycles. The highest BCUT2D eigenvalue weighted by molar-refractivity contribution is 9.11. The van der Waals surface area contributed by atoms with Crippen molar-refractivity contribution in [3.8, 4) is 0 Å². The maximum atomic E-state index is 12.8. The molecule has 1 heterocycles. The summed E-state index contributed by atoms with van der Waals surface area (Å²) in [5.41, 5.74) is 3.65. The standard InChI is InChI=1S/C21H21Br2N3O2S/c1-4-26-20(28)18(11-19(27)24-15-8-12(2)7-13(3)9-15)29-21(26)25-17-6-5-14(22)10-16(17)23/h5-10,18H,4,11H2,1-3H3,(H,24,27). The number of carbonyl (C=O) groups excluding carboxylic acids is 2. The van der Waals surface area contributed by atoms with E-state index in [0.717, 1.165) is 31.4 Å². The molecular weight excluding hydrogens is 518 g/mol. The highest BCUT2D eigenvalue weighted by Gasteiger charge is 2.38. The Bertz CT molecular complexity index is 974. The van der Waals surface area contributed by atoms with Gasteiger partial charge >= 0.3 is 0 Å². The number of hydrogen-bond donors (Lipinski definition) is 1. The van der Waals surface area contributed by atoms with Crippen LogP contribution in [0.15, 0.2) is 50.3 Å². The number of nitrogens with one attached hydrogen (secondary N) is 1. The molecule has 1 aliphatic rings. The summed E-state index contributed by atoms with van der Waals surface area (Å²) in [6, 6.07) is 11.6. The van der Waals surface area contributed by atoms with Crippen LogP contribution in [0.2, 0.25) is 0 Å². The van der Waals surface area contributed by atoms with E-state index in [9.17, 15) is 9.59 Å². The van der Waals surface area contributed by atoms with Crippen LogP contribution < -0.4 is 5.32 Å². The number of hydrogen-bond acceptors (Lipinski definition) is 4. The molecule has 1 aliphatic heterocycles. The number of nitrogens with zero attached hydrogens (tertiary/aromatic N) is 2. The van der Waals surface area contributed by atoms with E-state index in [1.807, 2.05) is 57.2 Å². The van der Waals surface area contributed by atoms with Gasteiger partial charge < -0.3 is 5.32 Å². The number of thioether (sulfide) groups is 1. The minimum Gasteiger partial charge on any atom is -0.326 e. The molecule has 5 nitrogen and oxygen atoms in total. The van der Waals surface area contributed by atoms with E-state index in [0.29, 0.717) is 11.7 Å². The zero-order valence-electron chi connectivity index (χ0n) is 16.3. The van der Waals surface area contributed by atoms with Crippen LogP contribution in [0.25, 0.3) is 0 Å². The molecule has 0 saturated carbocycles. The molecule has 3 rings (SSSR count). The highest BCUT2D eigenvalue weighted by atomic mass is 79.9. The van der Waals surface area contributed by atoms with Crippen LogP contribution in [0.1, 0.15) is 24.5 Å². The molecular formula is C21H21Br2N3O2S. The number of anilines is 1. The van der Waals surface area contributed by atoms with Gasteiger partial charge in [-0.25, -0.2) is 4.99 Å². The summed E-state index contributed by atoms with van der Waals surface area (Å²) in [7, 11) is 0. The third-order valence-corrected chi connectivity index (χ3v) is 6.64. The first-order chi connectivity index (χ1) is 13.8. The Morgan fingerprint density at radius 1 is 1.17 bits per heavy atom. The van der Waals surface area contributed by atoms with Gasteiger partial charge in [-0.3, -0.25) is 14.5 Å². The number of amides is 2. The average molecular weight is 539 g/mol. The summed E-state index contributed by atoms with van der Waals surface area (Å²) in [6.45, 7) is 6.39. The molecule has 2 amide bonds. The zero-order chi connectivity index (χ0) is 21.1. The van der Waals surface area contributed by atoms with Crippen molar-refractivity contribution in [3.63, 3.8) is 0 Å². The molecule has 0 aliphatic carbocycles. The molecule has 2 aromatic carbocycles. The number of aliphatic imine (C=N–C) groups is 1. The van der Waals surface area contributed by atoms with Gasteiger partial charge in [-0.05, 0) is 78.2 Å². The fourth-order valence-corrected chi connectivity index (χ4v) is 5.47. The van der Waals surface area contributed by atoms with E-state index in [1.54, 1.807) is 4.90 Å². The van der Waals surface area contributed by atoms with Crippen molar-refractivity contribution in [1.29, 1.82) is 0 Å². The Hall–Kier alpha value is -1.64. The van der Waals surface area contributed by atoms with Gasteiger partial charge in [0.1, 0.15) is 5.25 Å². The van der Waals surface area contributed by atoms with E-state index in [-0.39, 0.29) is 18.2 Å². The summed E-state index contributed by atoms with van der Waals surface area (Å²) in [6.07, 6.45) is 0.105. The molecule has 1 N–H and O–H groups in total. The lowest BCUT2D eigenvalue weighted by atomic mass is 10.1. The molecule has 1 atom stereocenters. The second-order valence-electron chi connectivity index (χ2n) is 6.81. The average Bonchev–Trinajstić information content (AvgIpc) is 2.91. The van der Waals surface area contributed by atoms with Crippen molar-refractivity contribution >= 4 is 72.0 Å². The van der Waals surface area contributed by atoms with Crippen LogP contribution >= 0.6 is 43.6 Å². The number of carbonyl (C=O) groups is 2. The zero-order valence-corrected chi connectivity index (χ0v) is 20.3. The molecule has 2 aromatic rings. The van der Waals surface area contributed by atoms with Crippen LogP contribution in [-0.2, 0) is 9.59 Å². The Morgan fingerprint density at radius 3 is 2.48 bits per heavy atom. The van der Waals surface area contributed by atoms with Crippen molar-refractivity contribution in [3.05, 3.63) is 56.5 Å². The number of amidine groups is 1. The summed E-state index contributed by atoms with van der Waals surface area (Å²) in [5, 5.41) is 3.05. The van der Waals surface area contributed by atoms with Crippen LogP contribution in [0.5, 0.6) is 0 Å². The molecule has 0 spiro atoms. The third-order valence-electron chi connectivity index (χ3n) is 4.34. The largest absolute Gasteiger partial charge is 0.326 e. The van der Waals surface area contributed by atoms with Crippen LogP contribution in [-0.4, -0.2) is 33.7 Å². The van der Waals surface area contributed by atoms with Crippen LogP contribution in [0, 0.1) is 13.8 Å². The minimum atomic E-state index is -0.478. The molecule has 0 bridgehead atoms. The van der Waals surface area contributed by atoms with E-state index >= 15 is 0 Å². The van der Waals surface area contributed by atoms with Gasteiger partial charge in [-0.1, -0.05) is 33.8 Å². The fraction of sp³-hybridized carbons (Fsp3) is 0.286. The molecule has 1 fully saturated rings. The SMILES string of the molecule is CCN1C(=O)C(CC(=O)Nc2cc(C)cc(C)c2)SC1=Nc1ccc(Br)cc1Br.